The van der Waals surface area contributed by atoms with Gasteiger partial charge in [0.05, 0.1) is 24.5 Å². The Bertz CT molecular complexity index is 1390. The predicted octanol–water partition coefficient (Wildman–Crippen LogP) is 6.37. The molecule has 0 radical (unpaired) electrons. The Kier molecular flexibility index (Phi) is 8.07. The molecule has 0 spiro atoms. The monoisotopic (exact) mass is 510 g/mol. The molecule has 0 bridgehead atoms. The topological polar surface area (TPSA) is 82.3 Å². The van der Waals surface area contributed by atoms with Crippen molar-refractivity contribution in [2.75, 3.05) is 13.2 Å². The lowest BCUT2D eigenvalue weighted by Gasteiger charge is -2.14. The summed E-state index contributed by atoms with van der Waals surface area (Å²) in [4.78, 5) is 12.5. The minimum Gasteiger partial charge on any atom is -0.494 e. The smallest absolute Gasteiger partial charge is 0.307 e. The summed E-state index contributed by atoms with van der Waals surface area (Å²) in [6.45, 7) is 4.85. The molecule has 4 rings (SSSR count). The van der Waals surface area contributed by atoms with Gasteiger partial charge in [-0.25, -0.2) is 9.82 Å². The Morgan fingerprint density at radius 3 is 2.56 bits per heavy atom. The molecular formula is C27H24ClFN2O5. The Balaban J connectivity index is 1.44. The Morgan fingerprint density at radius 1 is 1.03 bits per heavy atom. The molecule has 1 aromatic heterocycles. The quantitative estimate of drug-likeness (QED) is 0.198. The SMILES string of the molecule is CCOc1ccc2oc(C(=O)N/N=C/c3cc(Cl)c(OCc4ccc(F)cc4)c(OCC)c3)cc2c1. The summed E-state index contributed by atoms with van der Waals surface area (Å²) < 4.78 is 35.7. The maximum Gasteiger partial charge on any atom is 0.307 e. The molecule has 0 aliphatic heterocycles. The molecule has 36 heavy (non-hydrogen) atoms. The molecule has 0 saturated heterocycles. The van der Waals surface area contributed by atoms with Gasteiger partial charge in [-0.15, -0.1) is 0 Å². The van der Waals surface area contributed by atoms with Gasteiger partial charge in [0.2, 0.25) is 0 Å². The number of nitrogens with one attached hydrogen (secondary N) is 1. The fourth-order valence-electron chi connectivity index (χ4n) is 3.41. The standard InChI is InChI=1S/C27H24ClFN2O5/c1-3-33-21-9-10-23-19(13-21)14-25(36-23)27(32)31-30-15-18-11-22(28)26(24(12-18)34-4-2)35-16-17-5-7-20(29)8-6-17/h5-15H,3-4,16H2,1-2H3,(H,31,32)/b30-15+. The van der Waals surface area contributed by atoms with Gasteiger partial charge < -0.3 is 18.6 Å². The first-order chi connectivity index (χ1) is 17.5. The van der Waals surface area contributed by atoms with Gasteiger partial charge in [0, 0.05) is 5.39 Å². The molecule has 0 atom stereocenters. The van der Waals surface area contributed by atoms with E-state index in [1.54, 1.807) is 48.5 Å². The summed E-state index contributed by atoms with van der Waals surface area (Å²) in [7, 11) is 0. The van der Waals surface area contributed by atoms with Crippen molar-refractivity contribution in [2.24, 2.45) is 5.10 Å². The summed E-state index contributed by atoms with van der Waals surface area (Å²) in [5.41, 5.74) is 4.38. The van der Waals surface area contributed by atoms with Gasteiger partial charge in [0.25, 0.3) is 0 Å². The molecule has 0 saturated carbocycles. The molecule has 1 heterocycles. The molecule has 1 amide bonds. The average molecular weight is 511 g/mol. The zero-order valence-corrected chi connectivity index (χ0v) is 20.5. The second-order valence-electron chi connectivity index (χ2n) is 7.62. The zero-order chi connectivity index (χ0) is 25.5. The van der Waals surface area contributed by atoms with Gasteiger partial charge in [-0.1, -0.05) is 23.7 Å². The predicted molar refractivity (Wildman–Crippen MR) is 136 cm³/mol. The number of fused-ring (bicyclic) bond motifs is 1. The van der Waals surface area contributed by atoms with Crippen LogP contribution in [-0.2, 0) is 6.61 Å². The summed E-state index contributed by atoms with van der Waals surface area (Å²) >= 11 is 6.44. The van der Waals surface area contributed by atoms with E-state index in [2.05, 4.69) is 10.5 Å². The maximum absolute atomic E-state index is 13.1. The van der Waals surface area contributed by atoms with E-state index in [0.717, 1.165) is 10.9 Å². The molecule has 0 fully saturated rings. The van der Waals surface area contributed by atoms with Crippen LogP contribution in [-0.4, -0.2) is 25.3 Å². The molecule has 3 aromatic carbocycles. The number of carbonyl (C=O) groups excluding carboxylic acids is 1. The van der Waals surface area contributed by atoms with Crippen LogP contribution in [0.2, 0.25) is 5.02 Å². The van der Waals surface area contributed by atoms with Crippen molar-refractivity contribution in [1.29, 1.82) is 0 Å². The first kappa shape index (κ1) is 25.1. The highest BCUT2D eigenvalue weighted by atomic mass is 35.5. The van der Waals surface area contributed by atoms with Gasteiger partial charge in [-0.3, -0.25) is 4.79 Å². The highest BCUT2D eigenvalue weighted by molar-refractivity contribution is 6.32. The number of hydrogen-bond acceptors (Lipinski definition) is 6. The van der Waals surface area contributed by atoms with Crippen molar-refractivity contribution in [3.63, 3.8) is 0 Å². The molecule has 0 aliphatic carbocycles. The summed E-state index contributed by atoms with van der Waals surface area (Å²) in [5.74, 6) is 0.769. The largest absolute Gasteiger partial charge is 0.494 e. The van der Waals surface area contributed by atoms with Crippen molar-refractivity contribution in [3.8, 4) is 17.2 Å². The Morgan fingerprint density at radius 2 is 1.81 bits per heavy atom. The number of ether oxygens (including phenoxy) is 3. The van der Waals surface area contributed by atoms with E-state index in [4.69, 9.17) is 30.2 Å². The lowest BCUT2D eigenvalue weighted by Crippen LogP contribution is -2.16. The fraction of sp³-hybridized carbons (Fsp3) is 0.185. The van der Waals surface area contributed by atoms with Gasteiger partial charge in [-0.2, -0.15) is 5.10 Å². The highest BCUT2D eigenvalue weighted by Gasteiger charge is 2.14. The maximum atomic E-state index is 13.1. The van der Waals surface area contributed by atoms with Crippen LogP contribution in [0, 0.1) is 5.82 Å². The normalized spacial score (nSPS) is 11.1. The zero-order valence-electron chi connectivity index (χ0n) is 19.7. The van der Waals surface area contributed by atoms with Crippen molar-refractivity contribution in [2.45, 2.75) is 20.5 Å². The molecule has 0 unspecified atom stereocenters. The molecule has 0 aliphatic rings. The van der Waals surface area contributed by atoms with Crippen LogP contribution in [0.4, 0.5) is 4.39 Å². The van der Waals surface area contributed by atoms with Crippen molar-refractivity contribution >= 4 is 34.7 Å². The van der Waals surface area contributed by atoms with E-state index >= 15 is 0 Å². The summed E-state index contributed by atoms with van der Waals surface area (Å²) in [6.07, 6.45) is 1.44. The number of hydrogen-bond donors (Lipinski definition) is 1. The van der Waals surface area contributed by atoms with Crippen LogP contribution >= 0.6 is 11.6 Å². The van der Waals surface area contributed by atoms with Crippen LogP contribution in [0.1, 0.15) is 35.5 Å². The van der Waals surface area contributed by atoms with Gasteiger partial charge in [0.15, 0.2) is 17.3 Å². The number of halogens is 2. The molecule has 186 valence electrons. The van der Waals surface area contributed by atoms with Crippen LogP contribution in [0.5, 0.6) is 17.2 Å². The highest BCUT2D eigenvalue weighted by Crippen LogP contribution is 2.37. The van der Waals surface area contributed by atoms with Crippen molar-refractivity contribution < 1.29 is 27.8 Å². The first-order valence-corrected chi connectivity index (χ1v) is 11.7. The number of nitrogens with zero attached hydrogens (tertiary/aromatic N) is 1. The minimum atomic E-state index is -0.504. The second kappa shape index (κ2) is 11.6. The molecule has 9 heteroatoms. The molecule has 1 N–H and O–H groups in total. The lowest BCUT2D eigenvalue weighted by molar-refractivity contribution is 0.0929. The first-order valence-electron chi connectivity index (χ1n) is 11.3. The van der Waals surface area contributed by atoms with E-state index in [9.17, 15) is 9.18 Å². The third-order valence-electron chi connectivity index (χ3n) is 5.03. The number of carbonyl (C=O) groups is 1. The Labute approximate surface area is 212 Å². The molecule has 4 aromatic rings. The average Bonchev–Trinajstić information content (AvgIpc) is 3.29. The Hall–Kier alpha value is -4.04. The molecule has 7 nitrogen and oxygen atoms in total. The fourth-order valence-corrected chi connectivity index (χ4v) is 3.69. The van der Waals surface area contributed by atoms with Crippen molar-refractivity contribution in [3.05, 3.63) is 88.4 Å². The third-order valence-corrected chi connectivity index (χ3v) is 5.31. The summed E-state index contributed by atoms with van der Waals surface area (Å²) in [5, 5.41) is 5.06. The number of furan rings is 1. The lowest BCUT2D eigenvalue weighted by atomic mass is 10.2. The van der Waals surface area contributed by atoms with Crippen molar-refractivity contribution in [1.82, 2.24) is 5.43 Å². The van der Waals surface area contributed by atoms with E-state index < -0.39 is 5.91 Å². The van der Waals surface area contributed by atoms with E-state index in [1.807, 2.05) is 13.8 Å². The summed E-state index contributed by atoms with van der Waals surface area (Å²) in [6, 6.07) is 16.3. The minimum absolute atomic E-state index is 0.119. The number of amides is 1. The van der Waals surface area contributed by atoms with Crippen LogP contribution in [0.3, 0.4) is 0 Å². The van der Waals surface area contributed by atoms with E-state index in [0.29, 0.717) is 46.6 Å². The number of hydrazone groups is 1. The van der Waals surface area contributed by atoms with Crippen LogP contribution in [0.25, 0.3) is 11.0 Å². The third kappa shape index (κ3) is 6.14. The van der Waals surface area contributed by atoms with Gasteiger partial charge in [0.1, 0.15) is 23.8 Å². The van der Waals surface area contributed by atoms with E-state index in [1.165, 1.54) is 18.3 Å². The van der Waals surface area contributed by atoms with Crippen LogP contribution < -0.4 is 19.6 Å². The molecular weight excluding hydrogens is 487 g/mol. The van der Waals surface area contributed by atoms with Gasteiger partial charge >= 0.3 is 5.91 Å². The number of rotatable bonds is 10. The number of benzene rings is 3. The van der Waals surface area contributed by atoms with Gasteiger partial charge in [-0.05, 0) is 73.5 Å². The van der Waals surface area contributed by atoms with E-state index in [-0.39, 0.29) is 18.2 Å². The second-order valence-corrected chi connectivity index (χ2v) is 8.03. The van der Waals surface area contributed by atoms with Crippen LogP contribution in [0.15, 0.2) is 70.2 Å².